The smallest absolute Gasteiger partial charge is 0.314 e. The van der Waals surface area contributed by atoms with Gasteiger partial charge in [-0.2, -0.15) is 5.26 Å². The van der Waals surface area contributed by atoms with Crippen molar-refractivity contribution in [2.45, 2.75) is 26.7 Å². The molecule has 7 nitrogen and oxygen atoms in total. The molecule has 0 radical (unpaired) electrons. The van der Waals surface area contributed by atoms with E-state index in [-0.39, 0.29) is 11.9 Å². The first-order valence-electron chi connectivity index (χ1n) is 9.77. The van der Waals surface area contributed by atoms with Crippen molar-refractivity contribution in [3.8, 4) is 17.6 Å². The van der Waals surface area contributed by atoms with Crippen molar-refractivity contribution >= 4 is 33.3 Å². The number of benzene rings is 1. The van der Waals surface area contributed by atoms with Crippen molar-refractivity contribution in [1.29, 1.82) is 5.26 Å². The molecule has 0 spiro atoms. The van der Waals surface area contributed by atoms with Gasteiger partial charge in [0, 0.05) is 24.0 Å². The van der Waals surface area contributed by atoms with E-state index in [1.165, 1.54) is 17.6 Å². The lowest BCUT2D eigenvalue weighted by Gasteiger charge is -2.32. The predicted molar refractivity (Wildman–Crippen MR) is 115 cm³/mol. The number of fused-ring (bicyclic) bond motifs is 1. The first kappa shape index (κ1) is 20.1. The van der Waals surface area contributed by atoms with Gasteiger partial charge in [0.05, 0.1) is 30.0 Å². The van der Waals surface area contributed by atoms with E-state index in [9.17, 15) is 4.79 Å². The molecule has 1 aliphatic rings. The molecule has 0 atom stereocenters. The van der Waals surface area contributed by atoms with E-state index in [4.69, 9.17) is 14.7 Å². The van der Waals surface area contributed by atoms with Crippen LogP contribution in [-0.4, -0.2) is 36.1 Å². The average Bonchev–Trinajstić information content (AvgIpc) is 3.07. The molecule has 1 fully saturated rings. The fraction of sp³-hybridized carbons (Fsp3) is 0.364. The van der Waals surface area contributed by atoms with Crippen molar-refractivity contribution in [3.05, 3.63) is 40.5 Å². The molecule has 2 aromatic heterocycles. The maximum atomic E-state index is 12.7. The summed E-state index contributed by atoms with van der Waals surface area (Å²) >= 11 is 1.69. The molecule has 4 rings (SSSR count). The number of esters is 1. The molecular weight excluding hydrogens is 400 g/mol. The number of nitriles is 1. The van der Waals surface area contributed by atoms with Gasteiger partial charge in [-0.05, 0) is 44.4 Å². The summed E-state index contributed by atoms with van der Waals surface area (Å²) in [6, 6.07) is 6.83. The Kier molecular flexibility index (Phi) is 5.55. The Bertz CT molecular complexity index is 1140. The number of ether oxygens (including phenoxy) is 2. The normalized spacial score (nSPS) is 14.5. The highest BCUT2D eigenvalue weighted by Crippen LogP contribution is 2.36. The van der Waals surface area contributed by atoms with Gasteiger partial charge in [-0.15, -0.1) is 11.3 Å². The third kappa shape index (κ3) is 3.68. The summed E-state index contributed by atoms with van der Waals surface area (Å²) in [6.45, 7) is 5.66. The largest absolute Gasteiger partial charge is 0.493 e. The number of carbonyl (C=O) groups is 1. The van der Waals surface area contributed by atoms with Crippen LogP contribution in [0.25, 0.3) is 10.2 Å². The highest BCUT2D eigenvalue weighted by atomic mass is 32.1. The van der Waals surface area contributed by atoms with Crippen LogP contribution in [0.15, 0.2) is 24.5 Å². The molecule has 8 heteroatoms. The number of hydrogen-bond donors (Lipinski definition) is 0. The number of aromatic nitrogens is 2. The van der Waals surface area contributed by atoms with Crippen LogP contribution in [-0.2, 0) is 4.79 Å². The van der Waals surface area contributed by atoms with Crippen LogP contribution >= 0.6 is 11.3 Å². The topological polar surface area (TPSA) is 88.3 Å². The van der Waals surface area contributed by atoms with Gasteiger partial charge in [0.2, 0.25) is 0 Å². The number of carbonyl (C=O) groups excluding carboxylic acids is 1. The zero-order valence-electron chi connectivity index (χ0n) is 17.1. The van der Waals surface area contributed by atoms with E-state index in [1.807, 2.05) is 6.07 Å². The number of nitrogens with zero attached hydrogens (tertiary/aromatic N) is 4. The fourth-order valence-corrected chi connectivity index (χ4v) is 4.74. The zero-order valence-corrected chi connectivity index (χ0v) is 18.0. The van der Waals surface area contributed by atoms with Gasteiger partial charge in [0.15, 0.2) is 11.5 Å². The lowest BCUT2D eigenvalue weighted by atomic mass is 9.96. The Balaban J connectivity index is 1.45. The quantitative estimate of drug-likeness (QED) is 0.464. The third-order valence-corrected chi connectivity index (χ3v) is 6.69. The summed E-state index contributed by atoms with van der Waals surface area (Å²) < 4.78 is 10.8. The summed E-state index contributed by atoms with van der Waals surface area (Å²) in [5, 5.41) is 10.1. The summed E-state index contributed by atoms with van der Waals surface area (Å²) in [6.07, 6.45) is 2.99. The summed E-state index contributed by atoms with van der Waals surface area (Å²) in [4.78, 5) is 26.2. The second-order valence-electron chi connectivity index (χ2n) is 7.32. The number of anilines is 1. The van der Waals surface area contributed by atoms with Crippen molar-refractivity contribution in [1.82, 2.24) is 9.97 Å². The first-order chi connectivity index (χ1) is 14.5. The Morgan fingerprint density at radius 1 is 1.23 bits per heavy atom. The summed E-state index contributed by atoms with van der Waals surface area (Å²) in [7, 11) is 1.49. The number of aryl methyl sites for hydroxylation is 2. The van der Waals surface area contributed by atoms with Crippen LogP contribution in [0.5, 0.6) is 11.5 Å². The zero-order chi connectivity index (χ0) is 21.3. The molecule has 1 saturated heterocycles. The Morgan fingerprint density at radius 2 is 2.00 bits per heavy atom. The third-order valence-electron chi connectivity index (χ3n) is 5.58. The van der Waals surface area contributed by atoms with Crippen molar-refractivity contribution < 1.29 is 14.3 Å². The molecule has 3 heterocycles. The van der Waals surface area contributed by atoms with Gasteiger partial charge in [0.1, 0.15) is 17.0 Å². The van der Waals surface area contributed by atoms with E-state index in [2.05, 4.69) is 28.7 Å². The van der Waals surface area contributed by atoms with Crippen LogP contribution in [0.3, 0.4) is 0 Å². The molecule has 0 bridgehead atoms. The molecule has 1 aromatic carbocycles. The maximum Gasteiger partial charge on any atom is 0.314 e. The Labute approximate surface area is 178 Å². The van der Waals surface area contributed by atoms with Gasteiger partial charge in [-0.25, -0.2) is 9.97 Å². The Hall–Kier alpha value is -3.18. The number of piperidine rings is 1. The van der Waals surface area contributed by atoms with Crippen molar-refractivity contribution in [2.24, 2.45) is 5.92 Å². The van der Waals surface area contributed by atoms with E-state index < -0.39 is 0 Å². The van der Waals surface area contributed by atoms with Crippen LogP contribution in [0.2, 0.25) is 0 Å². The minimum atomic E-state index is -0.270. The Morgan fingerprint density at radius 3 is 2.70 bits per heavy atom. The SMILES string of the molecule is COc1cc(C#N)ccc1OC(=O)C1CCN(c2ncnc3sc(C)c(C)c23)CC1. The average molecular weight is 423 g/mol. The minimum Gasteiger partial charge on any atom is -0.493 e. The lowest BCUT2D eigenvalue weighted by Crippen LogP contribution is -2.38. The van der Waals surface area contributed by atoms with Gasteiger partial charge >= 0.3 is 5.97 Å². The highest BCUT2D eigenvalue weighted by molar-refractivity contribution is 7.18. The van der Waals surface area contributed by atoms with E-state index in [1.54, 1.807) is 35.9 Å². The first-order valence-corrected chi connectivity index (χ1v) is 10.6. The molecular formula is C22H22N4O3S. The molecule has 0 amide bonds. The second kappa shape index (κ2) is 8.28. The van der Waals surface area contributed by atoms with E-state index >= 15 is 0 Å². The number of methoxy groups -OCH3 is 1. The lowest BCUT2D eigenvalue weighted by molar-refractivity contribution is -0.139. The molecule has 0 unspecified atom stereocenters. The molecule has 154 valence electrons. The van der Waals surface area contributed by atoms with E-state index in [0.717, 1.165) is 29.1 Å². The van der Waals surface area contributed by atoms with Crippen LogP contribution in [0.4, 0.5) is 5.82 Å². The maximum absolute atomic E-state index is 12.7. The predicted octanol–water partition coefficient (Wildman–Crippen LogP) is 4.01. The summed E-state index contributed by atoms with van der Waals surface area (Å²) in [5.41, 5.74) is 1.68. The monoisotopic (exact) mass is 422 g/mol. The van der Waals surface area contributed by atoms with Crippen LogP contribution in [0.1, 0.15) is 28.8 Å². The van der Waals surface area contributed by atoms with Gasteiger partial charge < -0.3 is 14.4 Å². The minimum absolute atomic E-state index is 0.191. The number of hydrogen-bond acceptors (Lipinski definition) is 8. The standard InChI is InChI=1S/C22H22N4O3S/c1-13-14(2)30-21-19(13)20(24-12-25-21)26-8-6-16(7-9-26)22(27)29-17-5-4-15(11-23)10-18(17)28-3/h4-5,10,12,16H,6-9H2,1-3H3. The molecule has 30 heavy (non-hydrogen) atoms. The number of thiophene rings is 1. The van der Waals surface area contributed by atoms with Gasteiger partial charge in [-0.3, -0.25) is 4.79 Å². The molecule has 3 aromatic rings. The molecule has 0 saturated carbocycles. The van der Waals surface area contributed by atoms with E-state index in [0.29, 0.717) is 29.9 Å². The molecule has 0 N–H and O–H groups in total. The molecule has 1 aliphatic heterocycles. The van der Waals surface area contributed by atoms with Crippen LogP contribution < -0.4 is 14.4 Å². The van der Waals surface area contributed by atoms with Crippen molar-refractivity contribution in [3.63, 3.8) is 0 Å². The van der Waals surface area contributed by atoms with Crippen LogP contribution in [0, 0.1) is 31.1 Å². The van der Waals surface area contributed by atoms with Gasteiger partial charge in [0.25, 0.3) is 0 Å². The second-order valence-corrected chi connectivity index (χ2v) is 8.52. The fourth-order valence-electron chi connectivity index (χ4n) is 3.74. The highest BCUT2D eigenvalue weighted by Gasteiger charge is 2.29. The number of rotatable bonds is 4. The summed E-state index contributed by atoms with van der Waals surface area (Å²) in [5.74, 6) is 1.21. The van der Waals surface area contributed by atoms with Crippen molar-refractivity contribution in [2.75, 3.05) is 25.1 Å². The molecule has 0 aliphatic carbocycles. The van der Waals surface area contributed by atoms with Gasteiger partial charge in [-0.1, -0.05) is 0 Å².